The molecule has 2 aromatic heterocycles. The molecule has 0 atom stereocenters. The zero-order valence-corrected chi connectivity index (χ0v) is 16.8. The van der Waals surface area contributed by atoms with Gasteiger partial charge in [-0.1, -0.05) is 37.3 Å². The number of ether oxygens (including phenoxy) is 1. The van der Waals surface area contributed by atoms with Gasteiger partial charge in [-0.3, -0.25) is 18.8 Å². The van der Waals surface area contributed by atoms with Crippen molar-refractivity contribution < 1.29 is 24.2 Å². The van der Waals surface area contributed by atoms with E-state index in [9.17, 15) is 14.4 Å². The largest absolute Gasteiger partial charge is 0.492 e. The number of fused-ring (bicyclic) bond motifs is 1. The number of hydrogen-bond acceptors (Lipinski definition) is 4. The number of rotatable bonds is 10. The van der Waals surface area contributed by atoms with E-state index in [2.05, 4.69) is 5.32 Å². The minimum absolute atomic E-state index is 0.0353. The maximum atomic E-state index is 11.8. The van der Waals surface area contributed by atoms with Gasteiger partial charge < -0.3 is 15.2 Å². The number of carbonyl (C=O) groups is 3. The number of aromatic nitrogens is 1. The molecule has 7 nitrogen and oxygen atoms in total. The van der Waals surface area contributed by atoms with E-state index in [1.807, 2.05) is 53.8 Å². The van der Waals surface area contributed by atoms with E-state index in [-0.39, 0.29) is 19.3 Å². The Bertz CT molecular complexity index is 1060. The highest BCUT2D eigenvalue weighted by Crippen LogP contribution is 2.32. The molecule has 156 valence electrons. The number of anilines is 1. The molecule has 0 spiro atoms. The van der Waals surface area contributed by atoms with Crippen LogP contribution in [0.2, 0.25) is 0 Å². The molecule has 0 radical (unpaired) electrons. The molecule has 2 N–H and O–H groups in total. The van der Waals surface area contributed by atoms with Crippen LogP contribution in [0.1, 0.15) is 36.5 Å². The maximum Gasteiger partial charge on any atom is 0.303 e. The van der Waals surface area contributed by atoms with Gasteiger partial charge in [0, 0.05) is 6.42 Å². The Balaban J connectivity index is 2.00. The molecule has 1 aromatic carbocycles. The van der Waals surface area contributed by atoms with Crippen LogP contribution in [0.3, 0.4) is 0 Å². The summed E-state index contributed by atoms with van der Waals surface area (Å²) >= 11 is 0. The lowest BCUT2D eigenvalue weighted by Crippen LogP contribution is -2.15. The van der Waals surface area contributed by atoms with Gasteiger partial charge in [-0.25, -0.2) is 0 Å². The first-order valence-corrected chi connectivity index (χ1v) is 9.84. The van der Waals surface area contributed by atoms with Crippen molar-refractivity contribution in [1.82, 2.24) is 4.40 Å². The third kappa shape index (κ3) is 4.86. The molecule has 0 saturated carbocycles. The van der Waals surface area contributed by atoms with Crippen molar-refractivity contribution in [1.29, 1.82) is 0 Å². The normalized spacial score (nSPS) is 10.7. The molecule has 0 unspecified atom stereocenters. The molecule has 0 saturated heterocycles. The van der Waals surface area contributed by atoms with Crippen molar-refractivity contribution >= 4 is 29.5 Å². The van der Waals surface area contributed by atoms with Gasteiger partial charge in [-0.15, -0.1) is 0 Å². The summed E-state index contributed by atoms with van der Waals surface area (Å²) in [6, 6.07) is 13.8. The second-order valence-electron chi connectivity index (χ2n) is 6.89. The van der Waals surface area contributed by atoms with Crippen LogP contribution in [0.25, 0.3) is 5.52 Å². The number of carbonyl (C=O) groups excluding carboxylic acids is 2. The fourth-order valence-electron chi connectivity index (χ4n) is 3.51. The first-order chi connectivity index (χ1) is 14.5. The number of benzene rings is 1. The van der Waals surface area contributed by atoms with E-state index in [1.165, 1.54) is 0 Å². The second-order valence-corrected chi connectivity index (χ2v) is 6.89. The lowest BCUT2D eigenvalue weighted by molar-refractivity contribution is -0.137. The highest BCUT2D eigenvalue weighted by atomic mass is 16.5. The highest BCUT2D eigenvalue weighted by Gasteiger charge is 2.19. The van der Waals surface area contributed by atoms with Gasteiger partial charge in [0.1, 0.15) is 11.6 Å². The molecule has 3 rings (SSSR count). The number of carboxylic acids is 1. The van der Waals surface area contributed by atoms with Gasteiger partial charge in [-0.05, 0) is 48.1 Å². The average molecular weight is 408 g/mol. The molecule has 3 aromatic rings. The van der Waals surface area contributed by atoms with Crippen LogP contribution >= 0.6 is 0 Å². The predicted octanol–water partition coefficient (Wildman–Crippen LogP) is 3.47. The summed E-state index contributed by atoms with van der Waals surface area (Å²) in [6.45, 7) is 2.27. The summed E-state index contributed by atoms with van der Waals surface area (Å²) in [6.07, 6.45) is 3.80. The lowest BCUT2D eigenvalue weighted by atomic mass is 10.0. The zero-order valence-electron chi connectivity index (χ0n) is 16.8. The summed E-state index contributed by atoms with van der Waals surface area (Å²) in [4.78, 5) is 33.4. The van der Waals surface area contributed by atoms with Crippen LogP contribution in [0.15, 0.2) is 48.7 Å². The summed E-state index contributed by atoms with van der Waals surface area (Å²) < 4.78 is 7.51. The van der Waals surface area contributed by atoms with E-state index in [0.29, 0.717) is 30.8 Å². The SMILES string of the molecule is CCc1c(Cc2ccccc2)c2ccc(OCCCC(=O)O)cn2c1NC(=O)C=O. The number of amides is 1. The van der Waals surface area contributed by atoms with Crippen LogP contribution in [0.5, 0.6) is 5.75 Å². The Morgan fingerprint density at radius 2 is 1.90 bits per heavy atom. The standard InChI is InChI=1S/C23H24N2O5/c1-2-18-19(13-16-7-4-3-5-8-16)20-11-10-17(30-12-6-9-22(28)29)14-25(20)23(18)24-21(27)15-26/h3-5,7-8,10-11,14-15H,2,6,9,12-13H2,1H3,(H,24,27)(H,28,29). The van der Waals surface area contributed by atoms with Gasteiger partial charge in [0.15, 0.2) is 0 Å². The molecule has 7 heteroatoms. The molecule has 0 aliphatic carbocycles. The van der Waals surface area contributed by atoms with E-state index < -0.39 is 11.9 Å². The van der Waals surface area contributed by atoms with Crippen molar-refractivity contribution in [3.05, 3.63) is 65.4 Å². The van der Waals surface area contributed by atoms with Crippen LogP contribution in [0.4, 0.5) is 5.82 Å². The van der Waals surface area contributed by atoms with Crippen molar-refractivity contribution in [3.8, 4) is 5.75 Å². The molecule has 2 heterocycles. The number of aliphatic carboxylic acids is 1. The van der Waals surface area contributed by atoms with Crippen molar-refractivity contribution in [3.63, 3.8) is 0 Å². The zero-order chi connectivity index (χ0) is 21.5. The molecule has 0 fully saturated rings. The van der Waals surface area contributed by atoms with E-state index in [1.54, 1.807) is 6.20 Å². The maximum absolute atomic E-state index is 11.8. The average Bonchev–Trinajstić information content (AvgIpc) is 3.03. The molecule has 0 aliphatic rings. The number of hydrogen-bond donors (Lipinski definition) is 2. The number of nitrogens with one attached hydrogen (secondary N) is 1. The fraction of sp³-hybridized carbons (Fsp3) is 0.261. The quantitative estimate of drug-likeness (QED) is 0.304. The summed E-state index contributed by atoms with van der Waals surface area (Å²) in [5.41, 5.74) is 4.08. The Morgan fingerprint density at radius 1 is 1.13 bits per heavy atom. The molecule has 30 heavy (non-hydrogen) atoms. The second kappa shape index (κ2) is 9.73. The lowest BCUT2D eigenvalue weighted by Gasteiger charge is -2.09. The Morgan fingerprint density at radius 3 is 2.57 bits per heavy atom. The molecule has 1 amide bonds. The predicted molar refractivity (Wildman–Crippen MR) is 113 cm³/mol. The van der Waals surface area contributed by atoms with Gasteiger partial charge in [0.2, 0.25) is 6.29 Å². The fourth-order valence-corrected chi connectivity index (χ4v) is 3.51. The monoisotopic (exact) mass is 408 g/mol. The Hall–Kier alpha value is -3.61. The number of aldehydes is 1. The molecular weight excluding hydrogens is 384 g/mol. The number of nitrogens with zero attached hydrogens (tertiary/aromatic N) is 1. The van der Waals surface area contributed by atoms with Gasteiger partial charge in [0.05, 0.1) is 18.3 Å². The van der Waals surface area contributed by atoms with E-state index in [0.717, 1.165) is 22.2 Å². The Labute approximate surface area is 174 Å². The highest BCUT2D eigenvalue weighted by molar-refractivity contribution is 6.29. The minimum Gasteiger partial charge on any atom is -0.492 e. The van der Waals surface area contributed by atoms with Crippen molar-refractivity contribution in [2.24, 2.45) is 0 Å². The third-order valence-electron chi connectivity index (χ3n) is 4.85. The molecule has 0 bridgehead atoms. The minimum atomic E-state index is -0.864. The smallest absolute Gasteiger partial charge is 0.303 e. The molecular formula is C23H24N2O5. The van der Waals surface area contributed by atoms with E-state index in [4.69, 9.17) is 9.84 Å². The topological polar surface area (TPSA) is 97.1 Å². The summed E-state index contributed by atoms with van der Waals surface area (Å²) in [7, 11) is 0. The summed E-state index contributed by atoms with van der Waals surface area (Å²) in [5.74, 6) is -0.482. The van der Waals surface area contributed by atoms with E-state index >= 15 is 0 Å². The van der Waals surface area contributed by atoms with Crippen molar-refractivity contribution in [2.75, 3.05) is 11.9 Å². The van der Waals surface area contributed by atoms with Gasteiger partial charge >= 0.3 is 5.97 Å². The first-order valence-electron chi connectivity index (χ1n) is 9.84. The number of carboxylic acid groups (broad SMARTS) is 1. The third-order valence-corrected chi connectivity index (χ3v) is 4.85. The van der Waals surface area contributed by atoms with Gasteiger partial charge in [0.25, 0.3) is 5.91 Å². The Kier molecular flexibility index (Phi) is 6.85. The van der Waals surface area contributed by atoms with Gasteiger partial charge in [-0.2, -0.15) is 0 Å². The summed E-state index contributed by atoms with van der Waals surface area (Å²) in [5, 5.41) is 11.4. The van der Waals surface area contributed by atoms with Crippen LogP contribution < -0.4 is 10.1 Å². The number of pyridine rings is 1. The van der Waals surface area contributed by atoms with Crippen LogP contribution in [-0.2, 0) is 27.2 Å². The van der Waals surface area contributed by atoms with Crippen molar-refractivity contribution in [2.45, 2.75) is 32.6 Å². The first kappa shape index (κ1) is 21.1. The molecule has 0 aliphatic heterocycles. The van der Waals surface area contributed by atoms with Crippen LogP contribution in [0, 0.1) is 0 Å². The van der Waals surface area contributed by atoms with Crippen LogP contribution in [-0.4, -0.2) is 34.3 Å².